The molecule has 0 aliphatic heterocycles. The van der Waals surface area contributed by atoms with Gasteiger partial charge in [-0.3, -0.25) is 0 Å². The van der Waals surface area contributed by atoms with Crippen LogP contribution in [0.25, 0.3) is 16.7 Å². The van der Waals surface area contributed by atoms with Gasteiger partial charge in [0.05, 0.1) is 0 Å². The van der Waals surface area contributed by atoms with Crippen LogP contribution in [-0.4, -0.2) is 6.54 Å². The van der Waals surface area contributed by atoms with Crippen LogP contribution < -0.4 is 5.73 Å². The number of rotatable bonds is 3. The van der Waals surface area contributed by atoms with Gasteiger partial charge < -0.3 is 5.73 Å². The molecule has 2 heteroatoms. The number of nitrogens with two attached hydrogens (primary N) is 1. The lowest BCUT2D eigenvalue weighted by Crippen LogP contribution is -1.94. The zero-order valence-corrected chi connectivity index (χ0v) is 10.4. The lowest BCUT2D eigenvalue weighted by atomic mass is 10.0. The first-order chi connectivity index (χ1) is 8.70. The highest BCUT2D eigenvalue weighted by molar-refractivity contribution is 5.69. The van der Waals surface area contributed by atoms with Gasteiger partial charge in [0.15, 0.2) is 0 Å². The van der Waals surface area contributed by atoms with Crippen LogP contribution in [0, 0.1) is 5.82 Å². The van der Waals surface area contributed by atoms with E-state index in [1.165, 1.54) is 17.7 Å². The first kappa shape index (κ1) is 12.5. The summed E-state index contributed by atoms with van der Waals surface area (Å²) >= 11 is 0. The van der Waals surface area contributed by atoms with Gasteiger partial charge in [0.1, 0.15) is 5.82 Å². The molecule has 0 aliphatic rings. The Morgan fingerprint density at radius 3 is 2.00 bits per heavy atom. The third kappa shape index (κ3) is 2.84. The SMILES string of the molecule is CC(=CCN)c1ccc(-c2ccc(F)cc2)cc1. The normalized spacial score (nSPS) is 11.6. The molecule has 2 aromatic rings. The quantitative estimate of drug-likeness (QED) is 0.867. The summed E-state index contributed by atoms with van der Waals surface area (Å²) in [5, 5.41) is 0. The summed E-state index contributed by atoms with van der Waals surface area (Å²) < 4.78 is 12.8. The highest BCUT2D eigenvalue weighted by Gasteiger charge is 1.99. The number of halogens is 1. The summed E-state index contributed by atoms with van der Waals surface area (Å²) in [6.07, 6.45) is 1.99. The van der Waals surface area contributed by atoms with Gasteiger partial charge >= 0.3 is 0 Å². The molecule has 1 nitrogen and oxygen atoms in total. The van der Waals surface area contributed by atoms with Crippen LogP contribution in [0.4, 0.5) is 4.39 Å². The Balaban J connectivity index is 2.27. The van der Waals surface area contributed by atoms with Crippen LogP contribution in [-0.2, 0) is 0 Å². The second kappa shape index (κ2) is 5.61. The molecule has 0 atom stereocenters. The summed E-state index contributed by atoms with van der Waals surface area (Å²) in [5.74, 6) is -0.211. The van der Waals surface area contributed by atoms with Crippen molar-refractivity contribution < 1.29 is 4.39 Å². The summed E-state index contributed by atoms with van der Waals surface area (Å²) in [6.45, 7) is 2.59. The van der Waals surface area contributed by atoms with E-state index in [1.807, 2.05) is 25.1 Å². The minimum absolute atomic E-state index is 0.211. The molecular weight excluding hydrogens is 225 g/mol. The van der Waals surface area contributed by atoms with Crippen molar-refractivity contribution in [3.8, 4) is 11.1 Å². The molecule has 0 saturated carbocycles. The molecule has 92 valence electrons. The number of benzene rings is 2. The third-order valence-corrected chi connectivity index (χ3v) is 2.94. The zero-order chi connectivity index (χ0) is 13.0. The summed E-state index contributed by atoms with van der Waals surface area (Å²) in [6, 6.07) is 14.7. The molecule has 2 rings (SSSR count). The molecule has 0 radical (unpaired) electrons. The molecule has 0 amide bonds. The van der Waals surface area contributed by atoms with E-state index in [2.05, 4.69) is 12.1 Å². The standard InChI is InChI=1S/C16H16FN/c1-12(10-11-18)13-2-4-14(5-3-13)15-6-8-16(17)9-7-15/h2-10H,11,18H2,1H3. The van der Waals surface area contributed by atoms with Crippen molar-refractivity contribution in [2.45, 2.75) is 6.92 Å². The van der Waals surface area contributed by atoms with Crippen molar-refractivity contribution in [3.63, 3.8) is 0 Å². The molecule has 0 fully saturated rings. The van der Waals surface area contributed by atoms with Gasteiger partial charge in [-0.15, -0.1) is 0 Å². The van der Waals surface area contributed by atoms with Gasteiger partial charge in [-0.05, 0) is 41.3 Å². The number of allylic oxidation sites excluding steroid dienone is 1. The Kier molecular flexibility index (Phi) is 3.90. The first-order valence-corrected chi connectivity index (χ1v) is 5.94. The van der Waals surface area contributed by atoms with E-state index < -0.39 is 0 Å². The van der Waals surface area contributed by atoms with Crippen LogP contribution >= 0.6 is 0 Å². The van der Waals surface area contributed by atoms with E-state index in [-0.39, 0.29) is 5.82 Å². The van der Waals surface area contributed by atoms with Gasteiger partial charge in [-0.25, -0.2) is 4.39 Å². The Morgan fingerprint density at radius 2 is 1.50 bits per heavy atom. The average Bonchev–Trinajstić information content (AvgIpc) is 2.40. The Bertz CT molecular complexity index is 538. The van der Waals surface area contributed by atoms with Crippen LogP contribution in [0.3, 0.4) is 0 Å². The molecule has 0 aliphatic carbocycles. The summed E-state index contributed by atoms with van der Waals surface area (Å²) in [4.78, 5) is 0. The Morgan fingerprint density at radius 1 is 1.00 bits per heavy atom. The van der Waals surface area contributed by atoms with Crippen LogP contribution in [0.2, 0.25) is 0 Å². The second-order valence-corrected chi connectivity index (χ2v) is 4.21. The van der Waals surface area contributed by atoms with Gasteiger partial charge in [-0.1, -0.05) is 42.5 Å². The Hall–Kier alpha value is -1.93. The van der Waals surface area contributed by atoms with E-state index in [9.17, 15) is 4.39 Å². The maximum Gasteiger partial charge on any atom is 0.123 e. The van der Waals surface area contributed by atoms with Crippen molar-refractivity contribution in [3.05, 3.63) is 66.0 Å². The van der Waals surface area contributed by atoms with Crippen molar-refractivity contribution in [2.24, 2.45) is 5.73 Å². The maximum absolute atomic E-state index is 12.8. The predicted molar refractivity (Wildman–Crippen MR) is 74.5 cm³/mol. The summed E-state index contributed by atoms with van der Waals surface area (Å²) in [5.41, 5.74) is 9.92. The smallest absolute Gasteiger partial charge is 0.123 e. The molecule has 0 saturated heterocycles. The molecule has 0 unspecified atom stereocenters. The van der Waals surface area contributed by atoms with E-state index >= 15 is 0 Å². The molecule has 0 bridgehead atoms. The molecule has 18 heavy (non-hydrogen) atoms. The van der Waals surface area contributed by atoms with E-state index in [0.29, 0.717) is 6.54 Å². The predicted octanol–water partition coefficient (Wildman–Crippen LogP) is 3.85. The van der Waals surface area contributed by atoms with E-state index in [0.717, 1.165) is 16.7 Å². The van der Waals surface area contributed by atoms with Crippen molar-refractivity contribution in [1.82, 2.24) is 0 Å². The summed E-state index contributed by atoms with van der Waals surface area (Å²) in [7, 11) is 0. The number of hydrogen-bond donors (Lipinski definition) is 1. The van der Waals surface area contributed by atoms with Crippen molar-refractivity contribution in [2.75, 3.05) is 6.54 Å². The highest BCUT2D eigenvalue weighted by atomic mass is 19.1. The lowest BCUT2D eigenvalue weighted by molar-refractivity contribution is 0.628. The molecular formula is C16H16FN. The van der Waals surface area contributed by atoms with E-state index in [1.54, 1.807) is 12.1 Å². The third-order valence-electron chi connectivity index (χ3n) is 2.94. The fourth-order valence-electron chi connectivity index (χ4n) is 1.86. The maximum atomic E-state index is 12.8. The first-order valence-electron chi connectivity index (χ1n) is 5.94. The van der Waals surface area contributed by atoms with Crippen molar-refractivity contribution in [1.29, 1.82) is 0 Å². The van der Waals surface area contributed by atoms with Crippen LogP contribution in [0.5, 0.6) is 0 Å². The topological polar surface area (TPSA) is 26.0 Å². The van der Waals surface area contributed by atoms with Gasteiger partial charge in [0.25, 0.3) is 0 Å². The monoisotopic (exact) mass is 241 g/mol. The second-order valence-electron chi connectivity index (χ2n) is 4.21. The number of hydrogen-bond acceptors (Lipinski definition) is 1. The fraction of sp³-hybridized carbons (Fsp3) is 0.125. The van der Waals surface area contributed by atoms with Gasteiger partial charge in [-0.2, -0.15) is 0 Å². The molecule has 2 aromatic carbocycles. The minimum atomic E-state index is -0.211. The van der Waals surface area contributed by atoms with Crippen molar-refractivity contribution >= 4 is 5.57 Å². The molecule has 0 spiro atoms. The van der Waals surface area contributed by atoms with E-state index in [4.69, 9.17) is 5.73 Å². The van der Waals surface area contributed by atoms with Gasteiger partial charge in [0.2, 0.25) is 0 Å². The van der Waals surface area contributed by atoms with Crippen LogP contribution in [0.15, 0.2) is 54.6 Å². The average molecular weight is 241 g/mol. The molecule has 0 aromatic heterocycles. The molecule has 0 heterocycles. The fourth-order valence-corrected chi connectivity index (χ4v) is 1.86. The van der Waals surface area contributed by atoms with Gasteiger partial charge in [0, 0.05) is 6.54 Å². The largest absolute Gasteiger partial charge is 0.327 e. The minimum Gasteiger partial charge on any atom is -0.327 e. The zero-order valence-electron chi connectivity index (χ0n) is 10.4. The molecule has 2 N–H and O–H groups in total. The lowest BCUT2D eigenvalue weighted by Gasteiger charge is -2.05. The highest BCUT2D eigenvalue weighted by Crippen LogP contribution is 2.22. The van der Waals surface area contributed by atoms with Crippen LogP contribution in [0.1, 0.15) is 12.5 Å². The Labute approximate surface area is 107 Å².